The van der Waals surface area contributed by atoms with Crippen LogP contribution in [0.25, 0.3) is 12.2 Å². The zero-order valence-corrected chi connectivity index (χ0v) is 9.74. The molecule has 4 heteroatoms. The van der Waals surface area contributed by atoms with Crippen molar-refractivity contribution in [3.05, 3.63) is 52.1 Å². The van der Waals surface area contributed by atoms with E-state index in [1.807, 2.05) is 0 Å². The predicted molar refractivity (Wildman–Crippen MR) is 63.4 cm³/mol. The molecule has 0 amide bonds. The number of furan rings is 1. The smallest absolute Gasteiger partial charge is 0.139 e. The van der Waals surface area contributed by atoms with Gasteiger partial charge in [-0.05, 0) is 40.2 Å². The molecule has 2 rings (SSSR count). The molecule has 1 heterocycles. The monoisotopic (exact) mass is 282 g/mol. The number of aromatic hydroxyl groups is 1. The molecule has 0 unspecified atom stereocenters. The van der Waals surface area contributed by atoms with Crippen molar-refractivity contribution in [3.8, 4) is 5.75 Å². The number of hydrogen-bond donors (Lipinski definition) is 1. The number of rotatable bonds is 2. The normalized spacial score (nSPS) is 11.1. The summed E-state index contributed by atoms with van der Waals surface area (Å²) in [5.74, 6) is -0.583. The maximum absolute atomic E-state index is 13.4. The molecule has 0 radical (unpaired) electrons. The third-order valence-corrected chi connectivity index (χ3v) is 2.74. The first-order valence-corrected chi connectivity index (χ1v) is 5.35. The number of phenols is 1. The lowest BCUT2D eigenvalue weighted by Gasteiger charge is -2.02. The molecule has 82 valence electrons. The molecule has 0 atom stereocenters. The van der Waals surface area contributed by atoms with Crippen molar-refractivity contribution in [2.24, 2.45) is 0 Å². The van der Waals surface area contributed by atoms with Crippen molar-refractivity contribution in [2.45, 2.75) is 0 Å². The van der Waals surface area contributed by atoms with Crippen molar-refractivity contribution in [3.63, 3.8) is 0 Å². The van der Waals surface area contributed by atoms with Crippen LogP contribution in [-0.2, 0) is 0 Å². The van der Waals surface area contributed by atoms with E-state index in [4.69, 9.17) is 4.42 Å². The first-order chi connectivity index (χ1) is 7.68. The van der Waals surface area contributed by atoms with Crippen molar-refractivity contribution < 1.29 is 13.9 Å². The standard InChI is InChI=1S/C12H8BrFO2/c13-10-3-4-11(14)9(12(10)15)2-1-8-5-6-16-7-8/h1-7,15H. The van der Waals surface area contributed by atoms with Crippen LogP contribution >= 0.6 is 15.9 Å². The summed E-state index contributed by atoms with van der Waals surface area (Å²) in [5.41, 5.74) is 0.953. The second-order valence-corrected chi connectivity index (χ2v) is 4.04. The fourth-order valence-electron chi connectivity index (χ4n) is 1.26. The number of hydrogen-bond acceptors (Lipinski definition) is 2. The van der Waals surface area contributed by atoms with Gasteiger partial charge in [0.05, 0.1) is 22.6 Å². The van der Waals surface area contributed by atoms with Gasteiger partial charge in [-0.1, -0.05) is 6.08 Å². The second-order valence-electron chi connectivity index (χ2n) is 3.18. The van der Waals surface area contributed by atoms with Gasteiger partial charge < -0.3 is 9.52 Å². The molecule has 0 aliphatic rings. The van der Waals surface area contributed by atoms with Crippen LogP contribution in [0.2, 0.25) is 0 Å². The van der Waals surface area contributed by atoms with Crippen molar-refractivity contribution in [1.82, 2.24) is 0 Å². The number of phenolic OH excluding ortho intramolecular Hbond substituents is 1. The van der Waals surface area contributed by atoms with E-state index in [1.54, 1.807) is 12.1 Å². The Bertz CT molecular complexity index is 518. The summed E-state index contributed by atoms with van der Waals surface area (Å²) in [6, 6.07) is 4.49. The molecule has 1 aromatic carbocycles. The van der Waals surface area contributed by atoms with Gasteiger partial charge in [0.15, 0.2) is 0 Å². The van der Waals surface area contributed by atoms with Crippen LogP contribution in [0.3, 0.4) is 0 Å². The molecule has 0 aliphatic heterocycles. The Kier molecular flexibility index (Phi) is 3.10. The summed E-state index contributed by atoms with van der Waals surface area (Å²) in [4.78, 5) is 0. The third kappa shape index (κ3) is 2.17. The van der Waals surface area contributed by atoms with Gasteiger partial charge in [-0.15, -0.1) is 0 Å². The first kappa shape index (κ1) is 11.0. The highest BCUT2D eigenvalue weighted by molar-refractivity contribution is 9.10. The molecular weight excluding hydrogens is 275 g/mol. The van der Waals surface area contributed by atoms with Crippen molar-refractivity contribution >= 4 is 28.1 Å². The van der Waals surface area contributed by atoms with Crippen LogP contribution < -0.4 is 0 Å². The average molecular weight is 283 g/mol. The quantitative estimate of drug-likeness (QED) is 0.901. The van der Waals surface area contributed by atoms with Gasteiger partial charge in [-0.3, -0.25) is 0 Å². The zero-order valence-electron chi connectivity index (χ0n) is 8.15. The summed E-state index contributed by atoms with van der Waals surface area (Å²) in [6.45, 7) is 0. The summed E-state index contributed by atoms with van der Waals surface area (Å²) < 4.78 is 18.7. The Morgan fingerprint density at radius 3 is 2.75 bits per heavy atom. The second kappa shape index (κ2) is 4.53. The van der Waals surface area contributed by atoms with E-state index in [9.17, 15) is 9.50 Å². The van der Waals surface area contributed by atoms with E-state index in [0.29, 0.717) is 4.47 Å². The van der Waals surface area contributed by atoms with Gasteiger partial charge in [-0.2, -0.15) is 0 Å². The van der Waals surface area contributed by atoms with Gasteiger partial charge >= 0.3 is 0 Å². The molecule has 1 aromatic heterocycles. The molecular formula is C12H8BrFO2. The lowest BCUT2D eigenvalue weighted by molar-refractivity contribution is 0.464. The summed E-state index contributed by atoms with van der Waals surface area (Å²) in [5, 5.41) is 9.65. The number of benzene rings is 1. The maximum Gasteiger partial charge on any atom is 0.139 e. The Balaban J connectivity index is 2.38. The predicted octanol–water partition coefficient (Wildman–Crippen LogP) is 4.06. The highest BCUT2D eigenvalue weighted by Crippen LogP contribution is 2.31. The summed E-state index contributed by atoms with van der Waals surface area (Å²) in [6.07, 6.45) is 6.22. The van der Waals surface area contributed by atoms with E-state index in [0.717, 1.165) is 5.56 Å². The molecule has 0 aliphatic carbocycles. The van der Waals surface area contributed by atoms with Crippen LogP contribution in [0.5, 0.6) is 5.75 Å². The molecule has 2 aromatic rings. The minimum absolute atomic E-state index is 0.111. The fourth-order valence-corrected chi connectivity index (χ4v) is 1.61. The molecule has 0 fully saturated rings. The Morgan fingerprint density at radius 2 is 2.06 bits per heavy atom. The summed E-state index contributed by atoms with van der Waals surface area (Å²) >= 11 is 3.13. The van der Waals surface area contributed by atoms with E-state index in [1.165, 1.54) is 30.7 Å². The molecule has 0 saturated heterocycles. The van der Waals surface area contributed by atoms with Gasteiger partial charge in [0, 0.05) is 5.56 Å². The lowest BCUT2D eigenvalue weighted by atomic mass is 10.1. The van der Waals surface area contributed by atoms with E-state index in [2.05, 4.69) is 15.9 Å². The Hall–Kier alpha value is -1.55. The third-order valence-electron chi connectivity index (χ3n) is 2.10. The molecule has 2 nitrogen and oxygen atoms in total. The Morgan fingerprint density at radius 1 is 1.25 bits per heavy atom. The average Bonchev–Trinajstić information content (AvgIpc) is 2.77. The number of halogens is 2. The van der Waals surface area contributed by atoms with Crippen LogP contribution in [0.15, 0.2) is 39.6 Å². The van der Waals surface area contributed by atoms with Crippen LogP contribution in [0.4, 0.5) is 4.39 Å². The van der Waals surface area contributed by atoms with Gasteiger partial charge in [0.1, 0.15) is 11.6 Å². The van der Waals surface area contributed by atoms with Crippen molar-refractivity contribution in [2.75, 3.05) is 0 Å². The maximum atomic E-state index is 13.4. The van der Waals surface area contributed by atoms with E-state index >= 15 is 0 Å². The van der Waals surface area contributed by atoms with Crippen LogP contribution in [0.1, 0.15) is 11.1 Å². The first-order valence-electron chi connectivity index (χ1n) is 4.56. The Labute approximate surface area is 100 Å². The molecule has 1 N–H and O–H groups in total. The van der Waals surface area contributed by atoms with Crippen LogP contribution in [0, 0.1) is 5.82 Å². The van der Waals surface area contributed by atoms with Crippen LogP contribution in [-0.4, -0.2) is 5.11 Å². The highest BCUT2D eigenvalue weighted by Gasteiger charge is 2.08. The van der Waals surface area contributed by atoms with Crippen molar-refractivity contribution in [1.29, 1.82) is 0 Å². The van der Waals surface area contributed by atoms with Gasteiger partial charge in [-0.25, -0.2) is 4.39 Å². The minimum atomic E-state index is -0.472. The molecule has 0 spiro atoms. The molecule has 0 bridgehead atoms. The van der Waals surface area contributed by atoms with E-state index in [-0.39, 0.29) is 11.3 Å². The molecule has 16 heavy (non-hydrogen) atoms. The SMILES string of the molecule is Oc1c(Br)ccc(F)c1C=Cc1ccoc1. The van der Waals surface area contributed by atoms with Gasteiger partial charge in [0.25, 0.3) is 0 Å². The fraction of sp³-hybridized carbons (Fsp3) is 0. The summed E-state index contributed by atoms with van der Waals surface area (Å²) in [7, 11) is 0. The molecule has 0 saturated carbocycles. The van der Waals surface area contributed by atoms with Gasteiger partial charge in [0.2, 0.25) is 0 Å². The highest BCUT2D eigenvalue weighted by atomic mass is 79.9. The lowest BCUT2D eigenvalue weighted by Crippen LogP contribution is -1.83. The zero-order chi connectivity index (χ0) is 11.5. The van der Waals surface area contributed by atoms with E-state index < -0.39 is 5.82 Å². The largest absolute Gasteiger partial charge is 0.506 e. The minimum Gasteiger partial charge on any atom is -0.506 e. The topological polar surface area (TPSA) is 33.4 Å².